The van der Waals surface area contributed by atoms with Gasteiger partial charge < -0.3 is 10.1 Å². The van der Waals surface area contributed by atoms with Gasteiger partial charge in [-0.1, -0.05) is 46.3 Å². The summed E-state index contributed by atoms with van der Waals surface area (Å²) in [5, 5.41) is 3.73. The number of rotatable bonds is 2. The van der Waals surface area contributed by atoms with Gasteiger partial charge in [-0.15, -0.1) is 0 Å². The Labute approximate surface area is 156 Å². The molecule has 1 N–H and O–H groups in total. The summed E-state index contributed by atoms with van der Waals surface area (Å²) in [4.78, 5) is 12.1. The molecule has 0 radical (unpaired) electrons. The topological polar surface area (TPSA) is 38.3 Å². The van der Waals surface area contributed by atoms with Crippen molar-refractivity contribution >= 4 is 27.6 Å². The minimum absolute atomic E-state index is 0.229. The lowest BCUT2D eigenvalue weighted by atomic mass is 9.76. The van der Waals surface area contributed by atoms with Gasteiger partial charge in [0.15, 0.2) is 0 Å². The molecule has 3 nitrogen and oxygen atoms in total. The molecule has 0 aromatic heterocycles. The molecule has 0 bridgehead atoms. The lowest BCUT2D eigenvalue weighted by Gasteiger charge is -2.38. The summed E-state index contributed by atoms with van der Waals surface area (Å²) < 4.78 is 6.01. The fourth-order valence-corrected chi connectivity index (χ4v) is 4.41. The molecular weight excluding hydrogens is 378 g/mol. The van der Waals surface area contributed by atoms with Gasteiger partial charge in [0.05, 0.1) is 18.7 Å². The second-order valence-corrected chi connectivity index (χ2v) is 7.64. The lowest BCUT2D eigenvalue weighted by molar-refractivity contribution is 0.0600. The molecule has 0 fully saturated rings. The summed E-state index contributed by atoms with van der Waals surface area (Å²) in [5.41, 5.74) is 5.21. The number of nitrogens with one attached hydrogen (secondary N) is 1. The van der Waals surface area contributed by atoms with Gasteiger partial charge in [0.1, 0.15) is 0 Å². The summed E-state index contributed by atoms with van der Waals surface area (Å²) in [6.45, 7) is 2.00. The second kappa shape index (κ2) is 6.34. The number of halogens is 1. The van der Waals surface area contributed by atoms with E-state index in [4.69, 9.17) is 4.74 Å². The summed E-state index contributed by atoms with van der Waals surface area (Å²) in [6.07, 6.45) is 5.66. The number of carbonyl (C=O) groups is 1. The lowest BCUT2D eigenvalue weighted by Crippen LogP contribution is -2.30. The Morgan fingerprint density at radius 3 is 2.68 bits per heavy atom. The highest BCUT2D eigenvalue weighted by Gasteiger charge is 2.38. The van der Waals surface area contributed by atoms with Gasteiger partial charge in [0, 0.05) is 16.1 Å². The third-order valence-electron chi connectivity index (χ3n) is 5.43. The summed E-state index contributed by atoms with van der Waals surface area (Å²) >= 11 is 3.51. The van der Waals surface area contributed by atoms with Crippen molar-refractivity contribution in [3.05, 3.63) is 75.3 Å². The van der Waals surface area contributed by atoms with Gasteiger partial charge in [0.25, 0.3) is 0 Å². The van der Waals surface area contributed by atoms with Crippen molar-refractivity contribution in [3.63, 3.8) is 0 Å². The summed E-state index contributed by atoms with van der Waals surface area (Å²) in [6, 6.07) is 12.7. The van der Waals surface area contributed by atoms with E-state index in [1.165, 1.54) is 18.2 Å². The van der Waals surface area contributed by atoms with E-state index >= 15 is 0 Å². The van der Waals surface area contributed by atoms with Crippen LogP contribution in [0.1, 0.15) is 45.4 Å². The number of carbonyl (C=O) groups excluding carboxylic acids is 1. The maximum absolute atomic E-state index is 12.1. The molecule has 25 heavy (non-hydrogen) atoms. The maximum atomic E-state index is 12.1. The van der Waals surface area contributed by atoms with Crippen molar-refractivity contribution in [2.45, 2.75) is 25.3 Å². The number of ether oxygens (including phenoxy) is 1. The second-order valence-electron chi connectivity index (χ2n) is 6.72. The average Bonchev–Trinajstić information content (AvgIpc) is 3.12. The van der Waals surface area contributed by atoms with Crippen LogP contribution < -0.4 is 5.32 Å². The molecule has 128 valence electrons. The standard InChI is InChI=1S/C21H20BrNO2/c1-12-15(21(24)25-2)10-11-18-16-4-3-5-17(16)20(23-19(12)18)13-6-8-14(22)9-7-13/h3-4,6-11,16-17,20,23H,5H2,1-2H3/t16-,17+,20-/m1/s1. The molecule has 4 rings (SSSR count). The van der Waals surface area contributed by atoms with Crippen LogP contribution in [-0.2, 0) is 4.74 Å². The Morgan fingerprint density at radius 1 is 1.20 bits per heavy atom. The first-order chi connectivity index (χ1) is 12.1. The minimum Gasteiger partial charge on any atom is -0.465 e. The zero-order valence-electron chi connectivity index (χ0n) is 14.3. The van der Waals surface area contributed by atoms with E-state index in [1.54, 1.807) is 0 Å². The van der Waals surface area contributed by atoms with Crippen LogP contribution in [0.2, 0.25) is 0 Å². The van der Waals surface area contributed by atoms with Gasteiger partial charge in [0.2, 0.25) is 0 Å². The van der Waals surface area contributed by atoms with Gasteiger partial charge in [-0.2, -0.15) is 0 Å². The van der Waals surface area contributed by atoms with Crippen LogP contribution in [0.4, 0.5) is 5.69 Å². The van der Waals surface area contributed by atoms with Crippen LogP contribution in [-0.4, -0.2) is 13.1 Å². The van der Waals surface area contributed by atoms with Crippen molar-refractivity contribution in [2.75, 3.05) is 12.4 Å². The quantitative estimate of drug-likeness (QED) is 0.546. The highest BCUT2D eigenvalue weighted by molar-refractivity contribution is 9.10. The minimum atomic E-state index is -0.286. The number of hydrogen-bond acceptors (Lipinski definition) is 3. The van der Waals surface area contributed by atoms with E-state index in [0.717, 1.165) is 22.1 Å². The predicted octanol–water partition coefficient (Wildman–Crippen LogP) is 5.37. The zero-order valence-corrected chi connectivity index (χ0v) is 15.8. The van der Waals surface area contributed by atoms with Crippen molar-refractivity contribution in [1.82, 2.24) is 0 Å². The molecule has 2 aromatic carbocycles. The molecule has 1 aliphatic carbocycles. The van der Waals surface area contributed by atoms with E-state index in [2.05, 4.69) is 63.7 Å². The number of fused-ring (bicyclic) bond motifs is 3. The fourth-order valence-electron chi connectivity index (χ4n) is 4.15. The molecule has 2 aliphatic rings. The SMILES string of the molecule is COC(=O)c1ccc2c(c1C)N[C@H](c1ccc(Br)cc1)[C@H]1CC=C[C@@H]21. The molecule has 4 heteroatoms. The van der Waals surface area contributed by atoms with Gasteiger partial charge >= 0.3 is 5.97 Å². The van der Waals surface area contributed by atoms with E-state index in [0.29, 0.717) is 17.4 Å². The van der Waals surface area contributed by atoms with Gasteiger partial charge in [-0.3, -0.25) is 0 Å². The molecule has 0 saturated carbocycles. The van der Waals surface area contributed by atoms with E-state index in [9.17, 15) is 4.79 Å². The Kier molecular flexibility index (Phi) is 4.16. The molecule has 3 atom stereocenters. The van der Waals surface area contributed by atoms with Crippen molar-refractivity contribution in [1.29, 1.82) is 0 Å². The number of allylic oxidation sites excluding steroid dienone is 2. The normalized spacial score (nSPS) is 23.6. The van der Waals surface area contributed by atoms with E-state index < -0.39 is 0 Å². The predicted molar refractivity (Wildman–Crippen MR) is 103 cm³/mol. The third-order valence-corrected chi connectivity index (χ3v) is 5.96. The molecule has 0 unspecified atom stereocenters. The first kappa shape index (κ1) is 16.4. The fraction of sp³-hybridized carbons (Fsp3) is 0.286. The molecule has 1 aliphatic heterocycles. The van der Waals surface area contributed by atoms with Crippen molar-refractivity contribution in [2.24, 2.45) is 5.92 Å². The first-order valence-electron chi connectivity index (χ1n) is 8.50. The monoisotopic (exact) mass is 397 g/mol. The van der Waals surface area contributed by atoms with Crippen molar-refractivity contribution < 1.29 is 9.53 Å². The molecule has 1 heterocycles. The van der Waals surface area contributed by atoms with Gasteiger partial charge in [-0.05, 0) is 54.2 Å². The summed E-state index contributed by atoms with van der Waals surface area (Å²) in [5.74, 6) is 0.596. The Bertz CT molecular complexity index is 857. The molecule has 0 spiro atoms. The first-order valence-corrected chi connectivity index (χ1v) is 9.30. The highest BCUT2D eigenvalue weighted by Crippen LogP contribution is 2.51. The highest BCUT2D eigenvalue weighted by atomic mass is 79.9. The zero-order chi connectivity index (χ0) is 17.6. The number of benzene rings is 2. The molecule has 0 saturated heterocycles. The number of esters is 1. The Balaban J connectivity index is 1.81. The van der Waals surface area contributed by atoms with Crippen LogP contribution in [0, 0.1) is 12.8 Å². The van der Waals surface area contributed by atoms with E-state index in [-0.39, 0.29) is 12.0 Å². The maximum Gasteiger partial charge on any atom is 0.338 e. The number of methoxy groups -OCH3 is 1. The average molecular weight is 398 g/mol. The molecule has 0 amide bonds. The van der Waals surface area contributed by atoms with Crippen LogP contribution in [0.3, 0.4) is 0 Å². The molecule has 2 aromatic rings. The van der Waals surface area contributed by atoms with Gasteiger partial charge in [-0.25, -0.2) is 4.79 Å². The van der Waals surface area contributed by atoms with Crippen LogP contribution in [0.15, 0.2) is 53.0 Å². The van der Waals surface area contributed by atoms with Crippen LogP contribution >= 0.6 is 15.9 Å². The smallest absolute Gasteiger partial charge is 0.338 e. The largest absolute Gasteiger partial charge is 0.465 e. The third kappa shape index (κ3) is 2.69. The van der Waals surface area contributed by atoms with Crippen LogP contribution in [0.5, 0.6) is 0 Å². The Morgan fingerprint density at radius 2 is 1.96 bits per heavy atom. The Hall–Kier alpha value is -2.07. The number of anilines is 1. The van der Waals surface area contributed by atoms with E-state index in [1.807, 2.05) is 13.0 Å². The number of hydrogen-bond donors (Lipinski definition) is 1. The summed E-state index contributed by atoms with van der Waals surface area (Å²) in [7, 11) is 1.43. The molecular formula is C21H20BrNO2. The van der Waals surface area contributed by atoms with Crippen LogP contribution in [0.25, 0.3) is 0 Å². The van der Waals surface area contributed by atoms with Crippen molar-refractivity contribution in [3.8, 4) is 0 Å².